The van der Waals surface area contributed by atoms with Crippen LogP contribution in [0.3, 0.4) is 0 Å². The van der Waals surface area contributed by atoms with Crippen LogP contribution in [0.1, 0.15) is 219 Å². The smallest absolute Gasteiger partial charge is 0.462 e. The standard InChI is InChI=1S/C47H85O9P/c1-3-5-7-9-11-13-14-15-16-17-18-19-20-21-22-23-24-26-28-30-35-39-46(48)53-41-43(42-54-57(50,51)52)55-47(49)40-36-32-31-34-38-45-44(56-45)37-33-29-27-25-12-10-8-6-4-2/h12,25,29,31,33-34,43-45H,3-11,13-24,26-28,30,32,35-42H2,1-2H3,(H2,50,51,52)/b25-12-,33-29-,34-31-/t43-,44?,45?/m1/s1. The third-order valence-corrected chi connectivity index (χ3v) is 11.0. The van der Waals surface area contributed by atoms with Gasteiger partial charge < -0.3 is 24.0 Å². The molecule has 332 valence electrons. The van der Waals surface area contributed by atoms with Crippen molar-refractivity contribution in [2.45, 2.75) is 238 Å². The van der Waals surface area contributed by atoms with Gasteiger partial charge >= 0.3 is 19.8 Å². The third-order valence-electron chi connectivity index (χ3n) is 10.6. The van der Waals surface area contributed by atoms with Gasteiger partial charge in [-0.05, 0) is 51.4 Å². The van der Waals surface area contributed by atoms with E-state index in [2.05, 4.69) is 48.8 Å². The second-order valence-electron chi connectivity index (χ2n) is 16.1. The second kappa shape index (κ2) is 38.4. The summed E-state index contributed by atoms with van der Waals surface area (Å²) in [4.78, 5) is 43.0. The van der Waals surface area contributed by atoms with Crippen molar-refractivity contribution in [3.63, 3.8) is 0 Å². The van der Waals surface area contributed by atoms with Crippen LogP contribution in [0, 0.1) is 0 Å². The summed E-state index contributed by atoms with van der Waals surface area (Å²) in [5, 5.41) is 0. The van der Waals surface area contributed by atoms with Gasteiger partial charge in [-0.2, -0.15) is 0 Å². The molecule has 9 nitrogen and oxygen atoms in total. The Morgan fingerprint density at radius 2 is 0.965 bits per heavy atom. The van der Waals surface area contributed by atoms with Crippen molar-refractivity contribution < 1.29 is 42.7 Å². The molecule has 0 aromatic heterocycles. The van der Waals surface area contributed by atoms with E-state index in [4.69, 9.17) is 24.0 Å². The number of hydrogen-bond acceptors (Lipinski definition) is 7. The number of carbonyl (C=O) groups excluding carboxylic acids is 2. The van der Waals surface area contributed by atoms with Crippen molar-refractivity contribution >= 4 is 19.8 Å². The van der Waals surface area contributed by atoms with Gasteiger partial charge in [0.25, 0.3) is 0 Å². The summed E-state index contributed by atoms with van der Waals surface area (Å²) >= 11 is 0. The molecule has 57 heavy (non-hydrogen) atoms. The number of epoxide rings is 1. The lowest BCUT2D eigenvalue weighted by Gasteiger charge is -2.18. The van der Waals surface area contributed by atoms with E-state index in [1.807, 2.05) is 6.08 Å². The minimum Gasteiger partial charge on any atom is -0.462 e. The fourth-order valence-electron chi connectivity index (χ4n) is 6.94. The fourth-order valence-corrected chi connectivity index (χ4v) is 7.30. The quantitative estimate of drug-likeness (QED) is 0.0203. The maximum atomic E-state index is 12.4. The number of phosphoric acid groups is 1. The highest BCUT2D eigenvalue weighted by atomic mass is 31.2. The van der Waals surface area contributed by atoms with Crippen LogP contribution in [0.15, 0.2) is 36.5 Å². The van der Waals surface area contributed by atoms with E-state index >= 15 is 0 Å². The maximum absolute atomic E-state index is 12.4. The van der Waals surface area contributed by atoms with E-state index < -0.39 is 32.5 Å². The predicted octanol–water partition coefficient (Wildman–Crippen LogP) is 13.5. The van der Waals surface area contributed by atoms with Gasteiger partial charge in [0, 0.05) is 12.8 Å². The molecular formula is C47H85O9P. The zero-order valence-electron chi connectivity index (χ0n) is 36.4. The van der Waals surface area contributed by atoms with E-state index in [9.17, 15) is 14.2 Å². The summed E-state index contributed by atoms with van der Waals surface area (Å²) in [5.41, 5.74) is 0. The summed E-state index contributed by atoms with van der Waals surface area (Å²) in [7, 11) is -4.78. The van der Waals surface area contributed by atoms with E-state index in [-0.39, 0.29) is 31.7 Å². The first kappa shape index (κ1) is 53.2. The Morgan fingerprint density at radius 1 is 0.544 bits per heavy atom. The SMILES string of the molecule is CCCCC/C=C\C/C=C\CC1OC1C/C=C\CCCC(=O)O[C@H](COC(=O)CCCCCCCCCCCCCCCCCCCCCCC)COP(=O)(O)O. The molecule has 0 radical (unpaired) electrons. The molecule has 1 fully saturated rings. The van der Waals surface area contributed by atoms with Crippen LogP contribution in [0.4, 0.5) is 0 Å². The molecule has 1 aliphatic rings. The monoisotopic (exact) mass is 825 g/mol. The minimum absolute atomic E-state index is 0.129. The van der Waals surface area contributed by atoms with Gasteiger partial charge in [-0.3, -0.25) is 14.1 Å². The zero-order chi connectivity index (χ0) is 41.5. The normalized spacial score (nSPS) is 16.3. The lowest BCUT2D eigenvalue weighted by molar-refractivity contribution is -0.161. The molecule has 1 aliphatic heterocycles. The van der Waals surface area contributed by atoms with Crippen LogP contribution in [0.25, 0.3) is 0 Å². The Balaban J connectivity index is 2.04. The van der Waals surface area contributed by atoms with Gasteiger partial charge in [0.2, 0.25) is 0 Å². The molecule has 10 heteroatoms. The van der Waals surface area contributed by atoms with Gasteiger partial charge in [0.05, 0.1) is 18.8 Å². The van der Waals surface area contributed by atoms with Crippen LogP contribution in [-0.2, 0) is 32.9 Å². The van der Waals surface area contributed by atoms with Gasteiger partial charge in [0.1, 0.15) is 6.61 Å². The molecule has 1 rings (SSSR count). The van der Waals surface area contributed by atoms with Crippen molar-refractivity contribution in [3.8, 4) is 0 Å². The van der Waals surface area contributed by atoms with E-state index in [1.165, 1.54) is 135 Å². The Labute approximate surface area is 348 Å². The van der Waals surface area contributed by atoms with Crippen molar-refractivity contribution in [1.29, 1.82) is 0 Å². The Morgan fingerprint density at radius 3 is 1.49 bits per heavy atom. The molecule has 2 unspecified atom stereocenters. The second-order valence-corrected chi connectivity index (χ2v) is 17.4. The number of allylic oxidation sites excluding steroid dienone is 4. The Bertz CT molecular complexity index is 1080. The van der Waals surface area contributed by atoms with Crippen LogP contribution in [0.5, 0.6) is 0 Å². The summed E-state index contributed by atoms with van der Waals surface area (Å²) in [6.45, 7) is 3.63. The summed E-state index contributed by atoms with van der Waals surface area (Å²) < 4.78 is 32.2. The van der Waals surface area contributed by atoms with Gasteiger partial charge in [-0.1, -0.05) is 192 Å². The Kier molecular flexibility index (Phi) is 35.9. The van der Waals surface area contributed by atoms with E-state index in [0.717, 1.165) is 44.9 Å². The van der Waals surface area contributed by atoms with Crippen molar-refractivity contribution in [3.05, 3.63) is 36.5 Å². The van der Waals surface area contributed by atoms with Crippen LogP contribution in [0.2, 0.25) is 0 Å². The highest BCUT2D eigenvalue weighted by molar-refractivity contribution is 7.46. The highest BCUT2D eigenvalue weighted by Gasteiger charge is 2.36. The first-order valence-electron chi connectivity index (χ1n) is 23.4. The molecule has 1 saturated heterocycles. The highest BCUT2D eigenvalue weighted by Crippen LogP contribution is 2.36. The fraction of sp³-hybridized carbons (Fsp3) is 0.830. The first-order valence-corrected chi connectivity index (χ1v) is 24.9. The summed E-state index contributed by atoms with van der Waals surface area (Å²) in [5.74, 6) is -0.949. The molecule has 0 aliphatic carbocycles. The topological polar surface area (TPSA) is 132 Å². The van der Waals surface area contributed by atoms with Crippen molar-refractivity contribution in [2.75, 3.05) is 13.2 Å². The molecule has 3 atom stereocenters. The number of esters is 2. The molecule has 0 saturated carbocycles. The molecule has 0 bridgehead atoms. The molecule has 2 N–H and O–H groups in total. The maximum Gasteiger partial charge on any atom is 0.469 e. The zero-order valence-corrected chi connectivity index (χ0v) is 37.3. The van der Waals surface area contributed by atoms with E-state index in [0.29, 0.717) is 12.8 Å². The molecule has 0 amide bonds. The summed E-state index contributed by atoms with van der Waals surface area (Å²) in [6, 6.07) is 0. The lowest BCUT2D eigenvalue weighted by atomic mass is 10.0. The molecule has 0 aromatic carbocycles. The molecular weight excluding hydrogens is 739 g/mol. The van der Waals surface area contributed by atoms with Crippen LogP contribution >= 0.6 is 7.82 Å². The number of phosphoric ester groups is 1. The van der Waals surface area contributed by atoms with Crippen molar-refractivity contribution in [2.24, 2.45) is 0 Å². The molecule has 0 aromatic rings. The Hall–Kier alpha value is -1.77. The van der Waals surface area contributed by atoms with Crippen molar-refractivity contribution in [1.82, 2.24) is 0 Å². The van der Waals surface area contributed by atoms with Crippen LogP contribution < -0.4 is 0 Å². The van der Waals surface area contributed by atoms with Crippen LogP contribution in [-0.4, -0.2) is 53.3 Å². The van der Waals surface area contributed by atoms with Gasteiger partial charge in [-0.25, -0.2) is 4.57 Å². The first-order chi connectivity index (χ1) is 27.7. The lowest BCUT2D eigenvalue weighted by Crippen LogP contribution is -2.29. The van der Waals surface area contributed by atoms with Gasteiger partial charge in [-0.15, -0.1) is 0 Å². The molecule has 0 spiro atoms. The number of rotatable bonds is 42. The third kappa shape index (κ3) is 38.2. The van der Waals surface area contributed by atoms with Gasteiger partial charge in [0.15, 0.2) is 6.10 Å². The molecule has 1 heterocycles. The minimum atomic E-state index is -4.78. The number of hydrogen-bond donors (Lipinski definition) is 2. The number of carbonyl (C=O) groups is 2. The average Bonchev–Trinajstić information content (AvgIpc) is 3.94. The average molecular weight is 825 g/mol. The number of ether oxygens (including phenoxy) is 3. The number of unbranched alkanes of at least 4 members (excludes halogenated alkanes) is 24. The summed E-state index contributed by atoms with van der Waals surface area (Å²) in [6.07, 6.45) is 49.0. The van der Waals surface area contributed by atoms with E-state index in [1.54, 1.807) is 0 Å². The largest absolute Gasteiger partial charge is 0.469 e. The predicted molar refractivity (Wildman–Crippen MR) is 234 cm³/mol.